The third-order valence-corrected chi connectivity index (χ3v) is 11.2. The minimum Gasteiger partial charge on any atom is -0.508 e. The molecule has 4 fully saturated rings. The quantitative estimate of drug-likeness (QED) is 0.215. The standard InChI is InChI=1S/C36H35B3F2N6O3/c1-3-24-27(40)7-6-21-14-23(48)15-25(28(21)24)30-29(41)31-26(16-42-30)32(44-33(43-31)49-19-34-9-4-12-47(34)13-5-10-34)46-17-22-8-11-35(18-46,45-22)20(2)50-36(37,38)39/h1,6-7,14-16,20,22,45,48H,4-5,8-13,17-19H2,2H3. The highest BCUT2D eigenvalue weighted by Gasteiger charge is 2.50. The lowest BCUT2D eigenvalue weighted by Crippen LogP contribution is -2.66. The van der Waals surface area contributed by atoms with E-state index < -0.39 is 28.6 Å². The van der Waals surface area contributed by atoms with Crippen LogP contribution in [0.4, 0.5) is 14.6 Å². The van der Waals surface area contributed by atoms with Crippen molar-refractivity contribution in [1.29, 1.82) is 0 Å². The third-order valence-electron chi connectivity index (χ3n) is 11.2. The van der Waals surface area contributed by atoms with Crippen molar-refractivity contribution in [3.63, 3.8) is 0 Å². The van der Waals surface area contributed by atoms with Crippen LogP contribution in [0.1, 0.15) is 51.0 Å². The van der Waals surface area contributed by atoms with E-state index in [2.05, 4.69) is 31.0 Å². The molecule has 4 aromatic rings. The summed E-state index contributed by atoms with van der Waals surface area (Å²) in [5.74, 6) is 1.27. The molecular weight excluding hydrogens is 635 g/mol. The lowest BCUT2D eigenvalue weighted by atomic mass is 9.52. The molecule has 4 aliphatic heterocycles. The SMILES string of the molecule is [B]C([B])([B])OC(C)C12CCC(CN(c3nc(OCC45CCCN4CCC5)nc4c(F)c(-c5cc(O)cc6ccc(F)c(C#C)c56)ncc34)C1)N2. The number of rotatable bonds is 8. The van der Waals surface area contributed by atoms with Crippen LogP contribution in [0.25, 0.3) is 32.9 Å². The number of pyridine rings is 1. The van der Waals surface area contributed by atoms with Crippen LogP contribution in [-0.4, -0.2) is 110 Å². The van der Waals surface area contributed by atoms with Gasteiger partial charge in [-0.25, -0.2) is 8.78 Å². The molecule has 0 aliphatic carbocycles. The zero-order chi connectivity index (χ0) is 35.0. The number of aromatic hydroxyl groups is 1. The zero-order valence-corrected chi connectivity index (χ0v) is 27.9. The fourth-order valence-electron chi connectivity index (χ4n) is 8.87. The first-order chi connectivity index (χ1) is 23.9. The Bertz CT molecular complexity index is 2050. The predicted molar refractivity (Wildman–Crippen MR) is 190 cm³/mol. The Morgan fingerprint density at radius 3 is 2.68 bits per heavy atom. The number of phenols is 1. The van der Waals surface area contributed by atoms with E-state index in [0.29, 0.717) is 36.3 Å². The van der Waals surface area contributed by atoms with Crippen molar-refractivity contribution in [1.82, 2.24) is 25.2 Å². The van der Waals surface area contributed by atoms with Crippen LogP contribution in [-0.2, 0) is 4.74 Å². The molecule has 4 aliphatic rings. The summed E-state index contributed by atoms with van der Waals surface area (Å²) < 4.78 is 44.2. The van der Waals surface area contributed by atoms with Crippen molar-refractivity contribution in [2.75, 3.05) is 37.7 Å². The van der Waals surface area contributed by atoms with Gasteiger partial charge in [0.2, 0.25) is 0 Å². The van der Waals surface area contributed by atoms with Gasteiger partial charge in [-0.3, -0.25) is 9.88 Å². The normalized spacial score (nSPS) is 23.7. The summed E-state index contributed by atoms with van der Waals surface area (Å²) >= 11 is 0. The predicted octanol–water partition coefficient (Wildman–Crippen LogP) is 3.65. The first kappa shape index (κ1) is 33.2. The van der Waals surface area contributed by atoms with E-state index in [4.69, 9.17) is 44.4 Å². The van der Waals surface area contributed by atoms with Gasteiger partial charge < -0.3 is 24.8 Å². The summed E-state index contributed by atoms with van der Waals surface area (Å²) in [6.45, 7) is 5.30. The number of nitrogens with zero attached hydrogens (tertiary/aromatic N) is 5. The van der Waals surface area contributed by atoms with Gasteiger partial charge in [-0.05, 0) is 87.4 Å². The summed E-state index contributed by atoms with van der Waals surface area (Å²) in [6, 6.07) is 5.60. The van der Waals surface area contributed by atoms with E-state index in [1.165, 1.54) is 30.5 Å². The highest BCUT2D eigenvalue weighted by atomic mass is 19.1. The van der Waals surface area contributed by atoms with Crippen molar-refractivity contribution in [3.8, 4) is 35.4 Å². The van der Waals surface area contributed by atoms with Gasteiger partial charge in [-0.15, -0.1) is 6.42 Å². The number of nitrogens with one attached hydrogen (secondary N) is 1. The summed E-state index contributed by atoms with van der Waals surface area (Å²) in [7, 11) is 17.5. The average molecular weight is 670 g/mol. The first-order valence-electron chi connectivity index (χ1n) is 17.1. The number of ether oxygens (including phenoxy) is 2. The van der Waals surface area contributed by atoms with Crippen molar-refractivity contribution >= 4 is 51.0 Å². The van der Waals surface area contributed by atoms with E-state index in [9.17, 15) is 9.50 Å². The zero-order valence-electron chi connectivity index (χ0n) is 27.9. The maximum Gasteiger partial charge on any atom is 0.319 e. The molecule has 14 heteroatoms. The second-order valence-corrected chi connectivity index (χ2v) is 14.4. The van der Waals surface area contributed by atoms with Crippen molar-refractivity contribution in [2.24, 2.45) is 0 Å². The summed E-state index contributed by atoms with van der Waals surface area (Å²) in [6.07, 6.45) is 12.6. The van der Waals surface area contributed by atoms with Crippen molar-refractivity contribution < 1.29 is 23.4 Å². The van der Waals surface area contributed by atoms with E-state index >= 15 is 4.39 Å². The van der Waals surface area contributed by atoms with Crippen LogP contribution in [0.15, 0.2) is 30.5 Å². The Morgan fingerprint density at radius 1 is 1.16 bits per heavy atom. The molecule has 4 saturated heterocycles. The second-order valence-electron chi connectivity index (χ2n) is 14.4. The Morgan fingerprint density at radius 2 is 1.94 bits per heavy atom. The molecule has 2 bridgehead atoms. The topological polar surface area (TPSA) is 95.9 Å². The molecule has 2 N–H and O–H groups in total. The van der Waals surface area contributed by atoms with Crippen molar-refractivity contribution in [3.05, 3.63) is 47.7 Å². The van der Waals surface area contributed by atoms with E-state index in [1.807, 2.05) is 6.92 Å². The summed E-state index contributed by atoms with van der Waals surface area (Å²) in [5, 5.41) is 13.5. The summed E-state index contributed by atoms with van der Waals surface area (Å²) in [4.78, 5) is 18.6. The number of phenolic OH excluding ortho intramolecular Hbond substituents is 1. The van der Waals surface area contributed by atoms with Crippen LogP contribution in [0.5, 0.6) is 11.8 Å². The monoisotopic (exact) mass is 670 g/mol. The molecular formula is C36H35B3F2N6O3. The number of terminal acetylenes is 1. The molecule has 6 heterocycles. The largest absolute Gasteiger partial charge is 0.508 e. The molecule has 0 spiro atoms. The molecule has 50 heavy (non-hydrogen) atoms. The van der Waals surface area contributed by atoms with Gasteiger partial charge >= 0.3 is 6.01 Å². The maximum atomic E-state index is 17.1. The molecule has 250 valence electrons. The number of piperazine rings is 1. The number of benzene rings is 2. The molecule has 2 aromatic heterocycles. The van der Waals surface area contributed by atoms with E-state index in [0.717, 1.165) is 51.6 Å². The van der Waals surface area contributed by atoms with E-state index in [-0.39, 0.29) is 51.1 Å². The molecule has 2 aromatic carbocycles. The van der Waals surface area contributed by atoms with Crippen molar-refractivity contribution in [2.45, 2.75) is 74.0 Å². The maximum absolute atomic E-state index is 17.1. The van der Waals surface area contributed by atoms with Gasteiger partial charge in [-0.2, -0.15) is 9.97 Å². The molecule has 0 saturated carbocycles. The average Bonchev–Trinajstić information content (AvgIpc) is 3.75. The van der Waals surface area contributed by atoms with Gasteiger partial charge in [0.1, 0.15) is 35.2 Å². The van der Waals surface area contributed by atoms with Crippen LogP contribution >= 0.6 is 0 Å². The fourth-order valence-corrected chi connectivity index (χ4v) is 8.87. The highest BCUT2D eigenvalue weighted by Crippen LogP contribution is 2.42. The summed E-state index contributed by atoms with van der Waals surface area (Å²) in [5.41, 5.74) is -0.749. The lowest BCUT2D eigenvalue weighted by Gasteiger charge is -2.47. The molecule has 3 atom stereocenters. The smallest absolute Gasteiger partial charge is 0.319 e. The van der Waals surface area contributed by atoms with Gasteiger partial charge in [-0.1, -0.05) is 12.0 Å². The Kier molecular flexibility index (Phi) is 8.05. The van der Waals surface area contributed by atoms with Crippen LogP contribution in [0.2, 0.25) is 0 Å². The van der Waals surface area contributed by atoms with Gasteiger partial charge in [0.15, 0.2) is 5.82 Å². The molecule has 8 rings (SSSR count). The highest BCUT2D eigenvalue weighted by molar-refractivity contribution is 6.58. The number of anilines is 1. The van der Waals surface area contributed by atoms with E-state index in [1.54, 1.807) is 0 Å². The Hall–Kier alpha value is -3.92. The number of aromatic nitrogens is 3. The Labute approximate surface area is 293 Å². The fraction of sp³-hybridized carbons (Fsp3) is 0.472. The number of fused-ring (bicyclic) bond motifs is 5. The molecule has 0 amide bonds. The number of hydrogen-bond acceptors (Lipinski definition) is 9. The number of hydrogen-bond donors (Lipinski definition) is 2. The van der Waals surface area contributed by atoms with Gasteiger partial charge in [0.25, 0.3) is 0 Å². The van der Waals surface area contributed by atoms with Crippen LogP contribution in [0.3, 0.4) is 0 Å². The molecule has 9 nitrogen and oxygen atoms in total. The third kappa shape index (κ3) is 5.58. The van der Waals surface area contributed by atoms with Gasteiger partial charge in [0, 0.05) is 36.3 Å². The molecule has 3 unspecified atom stereocenters. The lowest BCUT2D eigenvalue weighted by molar-refractivity contribution is -0.00563. The van der Waals surface area contributed by atoms with Gasteiger partial charge in [0.05, 0.1) is 51.7 Å². The molecule has 6 radical (unpaired) electrons. The number of halogens is 2. The van der Waals surface area contributed by atoms with Crippen LogP contribution in [0, 0.1) is 24.0 Å². The minimum atomic E-state index is -1.83. The Balaban J connectivity index is 1.26. The first-order valence-corrected chi connectivity index (χ1v) is 17.1. The minimum absolute atomic E-state index is 0.0218. The second kappa shape index (κ2) is 12.1. The van der Waals surface area contributed by atoms with Crippen LogP contribution < -0.4 is 15.0 Å².